The van der Waals surface area contributed by atoms with Crippen LogP contribution in [0.2, 0.25) is 0 Å². The minimum Gasteiger partial charge on any atom is -0.451 e. The molecule has 0 amide bonds. The third-order valence-corrected chi connectivity index (χ3v) is 3.36. The first-order chi connectivity index (χ1) is 11.0. The van der Waals surface area contributed by atoms with Gasteiger partial charge in [-0.2, -0.15) is 0 Å². The van der Waals surface area contributed by atoms with E-state index in [-0.39, 0.29) is 16.9 Å². The number of aromatic amines is 1. The highest BCUT2D eigenvalue weighted by atomic mass is 19.1. The topological polar surface area (TPSA) is 72.0 Å². The van der Waals surface area contributed by atoms with Gasteiger partial charge < -0.3 is 9.72 Å². The van der Waals surface area contributed by atoms with Crippen LogP contribution in [0.4, 0.5) is 4.39 Å². The van der Waals surface area contributed by atoms with E-state index in [2.05, 4.69) is 9.97 Å². The zero-order chi connectivity index (χ0) is 16.4. The molecule has 0 saturated carbocycles. The highest BCUT2D eigenvalue weighted by Gasteiger charge is 2.17. The Labute approximate surface area is 130 Å². The highest BCUT2D eigenvalue weighted by molar-refractivity contribution is 5.89. The lowest BCUT2D eigenvalue weighted by Gasteiger charge is -2.13. The van der Waals surface area contributed by atoms with Crippen LogP contribution in [0.25, 0.3) is 10.9 Å². The summed E-state index contributed by atoms with van der Waals surface area (Å²) < 4.78 is 18.4. The van der Waals surface area contributed by atoms with E-state index in [9.17, 15) is 14.0 Å². The lowest BCUT2D eigenvalue weighted by Crippen LogP contribution is -2.17. The predicted molar refractivity (Wildman–Crippen MR) is 82.6 cm³/mol. The fourth-order valence-electron chi connectivity index (χ4n) is 2.20. The molecule has 1 heterocycles. The van der Waals surface area contributed by atoms with Crippen LogP contribution in [0, 0.1) is 5.82 Å². The number of rotatable bonds is 3. The van der Waals surface area contributed by atoms with Crippen molar-refractivity contribution in [2.24, 2.45) is 0 Å². The van der Waals surface area contributed by atoms with Crippen molar-refractivity contribution in [1.29, 1.82) is 0 Å². The van der Waals surface area contributed by atoms with Crippen molar-refractivity contribution >= 4 is 16.9 Å². The van der Waals surface area contributed by atoms with E-state index in [1.807, 2.05) is 0 Å². The highest BCUT2D eigenvalue weighted by Crippen LogP contribution is 2.16. The van der Waals surface area contributed by atoms with Crippen molar-refractivity contribution in [2.45, 2.75) is 13.0 Å². The zero-order valence-corrected chi connectivity index (χ0v) is 12.2. The summed E-state index contributed by atoms with van der Waals surface area (Å²) in [5, 5.41) is 0.458. The number of ether oxygens (including phenoxy) is 1. The smallest absolute Gasteiger partial charge is 0.338 e. The number of esters is 1. The van der Waals surface area contributed by atoms with Gasteiger partial charge in [0.2, 0.25) is 0 Å². The van der Waals surface area contributed by atoms with Crippen molar-refractivity contribution < 1.29 is 13.9 Å². The number of aromatic nitrogens is 2. The van der Waals surface area contributed by atoms with Crippen LogP contribution in [0.3, 0.4) is 0 Å². The molecule has 1 atom stereocenters. The van der Waals surface area contributed by atoms with E-state index < -0.39 is 17.9 Å². The summed E-state index contributed by atoms with van der Waals surface area (Å²) >= 11 is 0. The third kappa shape index (κ3) is 3.11. The first-order valence-corrected chi connectivity index (χ1v) is 7.00. The average Bonchev–Trinajstić information content (AvgIpc) is 2.54. The first-order valence-electron chi connectivity index (χ1n) is 7.00. The summed E-state index contributed by atoms with van der Waals surface area (Å²) in [6.07, 6.45) is -0.775. The van der Waals surface area contributed by atoms with Crippen LogP contribution in [-0.4, -0.2) is 15.9 Å². The molecule has 5 nitrogen and oxygen atoms in total. The second-order valence-electron chi connectivity index (χ2n) is 5.03. The SMILES string of the molecule is C[C@H](OC(=O)c1cccc(F)c1)c1nc2ccccc2c(=O)[nH]1. The number of carbonyl (C=O) groups excluding carboxylic acids is 1. The number of nitrogens with one attached hydrogen (secondary N) is 1. The number of hydrogen-bond acceptors (Lipinski definition) is 4. The number of nitrogens with zero attached hydrogens (tertiary/aromatic N) is 1. The van der Waals surface area contributed by atoms with E-state index in [0.717, 1.165) is 6.07 Å². The molecule has 116 valence electrons. The van der Waals surface area contributed by atoms with Gasteiger partial charge in [-0.1, -0.05) is 18.2 Å². The Morgan fingerprint density at radius 1 is 1.22 bits per heavy atom. The molecule has 0 radical (unpaired) electrons. The summed E-state index contributed by atoms with van der Waals surface area (Å²) in [6.45, 7) is 1.59. The van der Waals surface area contributed by atoms with Gasteiger partial charge in [0, 0.05) is 0 Å². The normalized spacial score (nSPS) is 12.1. The maximum Gasteiger partial charge on any atom is 0.338 e. The summed E-state index contributed by atoms with van der Waals surface area (Å²) in [7, 11) is 0. The van der Waals surface area contributed by atoms with Crippen LogP contribution in [-0.2, 0) is 4.74 Å². The molecule has 0 unspecified atom stereocenters. The molecular weight excluding hydrogens is 299 g/mol. The number of para-hydroxylation sites is 1. The summed E-state index contributed by atoms with van der Waals surface area (Å²) in [5.74, 6) is -0.976. The van der Waals surface area contributed by atoms with Crippen LogP contribution >= 0.6 is 0 Å². The molecule has 1 N–H and O–H groups in total. The second-order valence-corrected chi connectivity index (χ2v) is 5.03. The minimum absolute atomic E-state index is 0.0972. The largest absolute Gasteiger partial charge is 0.451 e. The molecule has 1 aromatic heterocycles. The van der Waals surface area contributed by atoms with Crippen molar-refractivity contribution in [1.82, 2.24) is 9.97 Å². The minimum atomic E-state index is -0.775. The van der Waals surface area contributed by atoms with Crippen LogP contribution in [0.5, 0.6) is 0 Å². The molecule has 3 aromatic rings. The van der Waals surface area contributed by atoms with E-state index >= 15 is 0 Å². The predicted octanol–water partition coefficient (Wildman–Crippen LogP) is 2.98. The van der Waals surface area contributed by atoms with E-state index in [1.165, 1.54) is 18.2 Å². The number of benzene rings is 2. The Hall–Kier alpha value is -3.02. The number of hydrogen-bond donors (Lipinski definition) is 1. The summed E-state index contributed by atoms with van der Waals surface area (Å²) in [4.78, 5) is 30.9. The van der Waals surface area contributed by atoms with Gasteiger partial charge in [0.05, 0.1) is 16.5 Å². The van der Waals surface area contributed by atoms with Gasteiger partial charge in [-0.05, 0) is 37.3 Å². The number of fused-ring (bicyclic) bond motifs is 1. The quantitative estimate of drug-likeness (QED) is 0.755. The standard InChI is InChI=1S/C17H13FN2O3/c1-10(23-17(22)11-5-4-6-12(18)9-11)15-19-14-8-3-2-7-13(14)16(21)20-15/h2-10H,1H3,(H,19,20,21)/t10-/m0/s1. The molecule has 0 aliphatic rings. The lowest BCUT2D eigenvalue weighted by molar-refractivity contribution is 0.0319. The number of H-pyrrole nitrogens is 1. The molecule has 0 fully saturated rings. The van der Waals surface area contributed by atoms with E-state index in [1.54, 1.807) is 31.2 Å². The van der Waals surface area contributed by atoms with Gasteiger partial charge in [0.25, 0.3) is 5.56 Å². The van der Waals surface area contributed by atoms with Crippen LogP contribution in [0.1, 0.15) is 29.2 Å². The third-order valence-electron chi connectivity index (χ3n) is 3.36. The lowest BCUT2D eigenvalue weighted by atomic mass is 10.2. The second kappa shape index (κ2) is 6.00. The molecular formula is C17H13FN2O3. The van der Waals surface area contributed by atoms with Crippen molar-refractivity contribution in [3.63, 3.8) is 0 Å². The molecule has 23 heavy (non-hydrogen) atoms. The van der Waals surface area contributed by atoms with E-state index in [0.29, 0.717) is 10.9 Å². The van der Waals surface area contributed by atoms with Gasteiger partial charge in [-0.3, -0.25) is 4.79 Å². The maximum atomic E-state index is 13.1. The number of halogens is 1. The summed E-state index contributed by atoms with van der Waals surface area (Å²) in [6, 6.07) is 12.1. The van der Waals surface area contributed by atoms with Crippen LogP contribution in [0.15, 0.2) is 53.3 Å². The molecule has 0 spiro atoms. The van der Waals surface area contributed by atoms with Gasteiger partial charge in [0.1, 0.15) is 5.82 Å². The van der Waals surface area contributed by atoms with Gasteiger partial charge in [-0.15, -0.1) is 0 Å². The van der Waals surface area contributed by atoms with Gasteiger partial charge in [-0.25, -0.2) is 14.2 Å². The molecule has 6 heteroatoms. The maximum absolute atomic E-state index is 13.1. The summed E-state index contributed by atoms with van der Waals surface area (Å²) in [5.41, 5.74) is 0.305. The van der Waals surface area contributed by atoms with Crippen molar-refractivity contribution in [3.8, 4) is 0 Å². The van der Waals surface area contributed by atoms with Crippen LogP contribution < -0.4 is 5.56 Å². The molecule has 0 saturated heterocycles. The Kier molecular flexibility index (Phi) is 3.89. The fourth-order valence-corrected chi connectivity index (χ4v) is 2.20. The molecule has 2 aromatic carbocycles. The number of carbonyl (C=O) groups is 1. The Bertz CT molecular complexity index is 936. The van der Waals surface area contributed by atoms with E-state index in [4.69, 9.17) is 4.74 Å². The first kappa shape index (κ1) is 14.9. The average molecular weight is 312 g/mol. The van der Waals surface area contributed by atoms with Crippen molar-refractivity contribution in [3.05, 3.63) is 76.1 Å². The molecule has 0 bridgehead atoms. The van der Waals surface area contributed by atoms with Crippen molar-refractivity contribution in [2.75, 3.05) is 0 Å². The molecule has 0 aliphatic carbocycles. The zero-order valence-electron chi connectivity index (χ0n) is 12.2. The Morgan fingerprint density at radius 3 is 2.78 bits per heavy atom. The molecule has 3 rings (SSSR count). The molecule has 0 aliphatic heterocycles. The van der Waals surface area contributed by atoms with Gasteiger partial charge >= 0.3 is 5.97 Å². The Balaban J connectivity index is 1.87. The monoisotopic (exact) mass is 312 g/mol. The Morgan fingerprint density at radius 2 is 2.00 bits per heavy atom. The fraction of sp³-hybridized carbons (Fsp3) is 0.118. The van der Waals surface area contributed by atoms with Gasteiger partial charge in [0.15, 0.2) is 11.9 Å².